The number of pyridine rings is 1. The molecule has 0 aliphatic rings. The highest BCUT2D eigenvalue weighted by Gasteiger charge is 2.09. The molecule has 6 nitrogen and oxygen atoms in total. The zero-order valence-electron chi connectivity index (χ0n) is 9.83. The second kappa shape index (κ2) is 6.58. The van der Waals surface area contributed by atoms with Crippen molar-refractivity contribution in [2.24, 2.45) is 0 Å². The lowest BCUT2D eigenvalue weighted by atomic mass is 10.2. The van der Waals surface area contributed by atoms with E-state index < -0.39 is 0 Å². The summed E-state index contributed by atoms with van der Waals surface area (Å²) in [6.45, 7) is 0.0278. The number of nitrogens with zero attached hydrogens (tertiary/aromatic N) is 3. The summed E-state index contributed by atoms with van der Waals surface area (Å²) in [5, 5.41) is 14.9. The molecule has 96 valence electrons. The van der Waals surface area contributed by atoms with Gasteiger partial charge < -0.3 is 10.4 Å². The van der Waals surface area contributed by atoms with Crippen LogP contribution in [0.25, 0.3) is 0 Å². The van der Waals surface area contributed by atoms with Gasteiger partial charge in [0.25, 0.3) is 5.91 Å². The molecule has 2 heterocycles. The molecule has 0 atom stereocenters. The quantitative estimate of drug-likeness (QED) is 0.813. The van der Waals surface area contributed by atoms with Crippen LogP contribution in [0.2, 0.25) is 0 Å². The highest BCUT2D eigenvalue weighted by atomic mass is 32.1. The summed E-state index contributed by atoms with van der Waals surface area (Å²) in [7, 11) is 0. The van der Waals surface area contributed by atoms with E-state index in [2.05, 4.69) is 31.7 Å². The number of aromatic nitrogens is 3. The molecular weight excluding hydrogens is 264 g/mol. The molecule has 2 aromatic heterocycles. The molecule has 2 rings (SSSR count). The predicted octanol–water partition coefficient (Wildman–Crippen LogP) is 0.919. The number of carbonyl (C=O) groups excluding carboxylic acids is 1. The Balaban J connectivity index is 2.07. The van der Waals surface area contributed by atoms with E-state index in [9.17, 15) is 4.79 Å². The fourth-order valence-electron chi connectivity index (χ4n) is 1.24. The van der Waals surface area contributed by atoms with E-state index in [1.165, 1.54) is 6.20 Å². The molecule has 0 saturated carbocycles. The molecule has 0 saturated heterocycles. The van der Waals surface area contributed by atoms with Gasteiger partial charge in [-0.3, -0.25) is 4.79 Å². The Morgan fingerprint density at radius 2 is 2.42 bits per heavy atom. The molecule has 7 heteroatoms. The van der Waals surface area contributed by atoms with Crippen LogP contribution in [-0.4, -0.2) is 32.2 Å². The van der Waals surface area contributed by atoms with E-state index in [0.29, 0.717) is 17.1 Å². The van der Waals surface area contributed by atoms with Gasteiger partial charge in [0.15, 0.2) is 0 Å². The Labute approximate surface area is 113 Å². The van der Waals surface area contributed by atoms with E-state index in [4.69, 9.17) is 5.11 Å². The van der Waals surface area contributed by atoms with Gasteiger partial charge in [0.1, 0.15) is 10.7 Å². The molecule has 0 spiro atoms. The Morgan fingerprint density at radius 1 is 1.53 bits per heavy atom. The molecule has 0 bridgehead atoms. The van der Waals surface area contributed by atoms with Crippen molar-refractivity contribution in [3.63, 3.8) is 0 Å². The highest BCUT2D eigenvalue weighted by molar-refractivity contribution is 7.07. The fraction of sp³-hybridized carbons (Fsp3) is 0.167. The van der Waals surface area contributed by atoms with Gasteiger partial charge in [0.05, 0.1) is 12.8 Å². The first-order valence-corrected chi connectivity index (χ1v) is 6.21. The second-order valence-corrected chi connectivity index (χ2v) is 4.23. The van der Waals surface area contributed by atoms with E-state index in [0.717, 1.165) is 17.1 Å². The van der Waals surface area contributed by atoms with Crippen molar-refractivity contribution in [3.8, 4) is 11.8 Å². The van der Waals surface area contributed by atoms with Crippen LogP contribution < -0.4 is 5.32 Å². The summed E-state index contributed by atoms with van der Waals surface area (Å²) in [5.41, 5.74) is 0.723. The van der Waals surface area contributed by atoms with Crippen molar-refractivity contribution < 1.29 is 9.90 Å². The number of hydrogen-bond acceptors (Lipinski definition) is 6. The van der Waals surface area contributed by atoms with Crippen LogP contribution in [0.1, 0.15) is 21.7 Å². The maximum atomic E-state index is 11.8. The molecule has 19 heavy (non-hydrogen) atoms. The van der Waals surface area contributed by atoms with Crippen molar-refractivity contribution in [3.05, 3.63) is 35.0 Å². The van der Waals surface area contributed by atoms with Gasteiger partial charge >= 0.3 is 0 Å². The first-order chi connectivity index (χ1) is 9.29. The van der Waals surface area contributed by atoms with Gasteiger partial charge in [-0.2, -0.15) is 0 Å². The van der Waals surface area contributed by atoms with E-state index >= 15 is 0 Å². The number of amides is 1. The Kier molecular flexibility index (Phi) is 4.55. The normalized spacial score (nSPS) is 9.53. The minimum atomic E-state index is -0.303. The summed E-state index contributed by atoms with van der Waals surface area (Å²) in [6, 6.07) is 3.39. The molecule has 0 aliphatic carbocycles. The van der Waals surface area contributed by atoms with Gasteiger partial charge in [0, 0.05) is 18.2 Å². The van der Waals surface area contributed by atoms with Gasteiger partial charge in [-0.15, -0.1) is 5.10 Å². The summed E-state index contributed by atoms with van der Waals surface area (Å²) >= 11 is 1.01. The lowest BCUT2D eigenvalue weighted by Crippen LogP contribution is -2.11. The van der Waals surface area contributed by atoms with Crippen LogP contribution in [0.5, 0.6) is 0 Å². The number of anilines is 1. The molecular formula is C12H10N4O2S. The Morgan fingerprint density at radius 3 is 3.16 bits per heavy atom. The largest absolute Gasteiger partial charge is 0.395 e. The first-order valence-electron chi connectivity index (χ1n) is 5.44. The number of nitrogens with one attached hydrogen (secondary N) is 1. The lowest BCUT2D eigenvalue weighted by molar-refractivity contribution is 0.103. The van der Waals surface area contributed by atoms with Crippen molar-refractivity contribution in [2.75, 3.05) is 11.9 Å². The third-order valence-corrected chi connectivity index (χ3v) is 2.72. The number of hydrogen-bond donors (Lipinski definition) is 2. The lowest BCUT2D eigenvalue weighted by Gasteiger charge is -2.01. The van der Waals surface area contributed by atoms with Crippen LogP contribution in [0.15, 0.2) is 24.5 Å². The van der Waals surface area contributed by atoms with Crippen LogP contribution in [-0.2, 0) is 0 Å². The summed E-state index contributed by atoms with van der Waals surface area (Å²) in [6.07, 6.45) is 3.37. The molecule has 0 fully saturated rings. The Hall–Kier alpha value is -2.30. The first kappa shape index (κ1) is 13.1. The van der Waals surface area contributed by atoms with E-state index in [1.54, 1.807) is 18.3 Å². The van der Waals surface area contributed by atoms with Gasteiger partial charge in [-0.1, -0.05) is 16.3 Å². The third kappa shape index (κ3) is 3.84. The monoisotopic (exact) mass is 274 g/mol. The molecule has 0 unspecified atom stereocenters. The Bertz CT molecular complexity index is 616. The van der Waals surface area contributed by atoms with Crippen LogP contribution in [0.4, 0.5) is 5.82 Å². The SMILES string of the molecule is O=C(Nc1cc(C#CCCO)ccn1)c1cnns1. The molecule has 0 radical (unpaired) electrons. The summed E-state index contributed by atoms with van der Waals surface area (Å²) in [4.78, 5) is 16.2. The average molecular weight is 274 g/mol. The van der Waals surface area contributed by atoms with Crippen molar-refractivity contribution in [2.45, 2.75) is 6.42 Å². The second-order valence-electron chi connectivity index (χ2n) is 3.44. The van der Waals surface area contributed by atoms with Crippen molar-refractivity contribution in [1.82, 2.24) is 14.6 Å². The number of rotatable bonds is 3. The smallest absolute Gasteiger partial charge is 0.270 e. The van der Waals surface area contributed by atoms with Crippen LogP contribution >= 0.6 is 11.5 Å². The molecule has 0 aliphatic heterocycles. The number of aliphatic hydroxyl groups is 1. The molecule has 0 aromatic carbocycles. The minimum Gasteiger partial charge on any atom is -0.395 e. The fourth-order valence-corrected chi connectivity index (χ4v) is 1.65. The van der Waals surface area contributed by atoms with Gasteiger partial charge in [-0.05, 0) is 23.7 Å². The third-order valence-electron chi connectivity index (χ3n) is 2.06. The zero-order chi connectivity index (χ0) is 13.5. The van der Waals surface area contributed by atoms with Crippen molar-refractivity contribution in [1.29, 1.82) is 0 Å². The average Bonchev–Trinajstić information content (AvgIpc) is 2.93. The molecule has 2 N–H and O–H groups in total. The maximum absolute atomic E-state index is 11.8. The topological polar surface area (TPSA) is 88.0 Å². The predicted molar refractivity (Wildman–Crippen MR) is 70.7 cm³/mol. The van der Waals surface area contributed by atoms with Gasteiger partial charge in [0.2, 0.25) is 0 Å². The summed E-state index contributed by atoms with van der Waals surface area (Å²) < 4.78 is 3.62. The van der Waals surface area contributed by atoms with Crippen molar-refractivity contribution >= 4 is 23.3 Å². The molecule has 1 amide bonds. The maximum Gasteiger partial charge on any atom is 0.270 e. The highest BCUT2D eigenvalue weighted by Crippen LogP contribution is 2.09. The standard InChI is InChI=1S/C12H10N4O2S/c17-6-2-1-3-9-4-5-13-11(7-9)15-12(18)10-8-14-16-19-10/h4-5,7-8,17H,2,6H2,(H,13,15,18). The van der Waals surface area contributed by atoms with Gasteiger partial charge in [-0.25, -0.2) is 4.98 Å². The molecule has 2 aromatic rings. The van der Waals surface area contributed by atoms with Crippen LogP contribution in [0.3, 0.4) is 0 Å². The summed E-state index contributed by atoms with van der Waals surface area (Å²) in [5.74, 6) is 5.78. The van der Waals surface area contributed by atoms with E-state index in [-0.39, 0.29) is 12.5 Å². The van der Waals surface area contributed by atoms with E-state index in [1.807, 2.05) is 0 Å². The minimum absolute atomic E-state index is 0.0278. The van der Waals surface area contributed by atoms with Crippen LogP contribution in [0, 0.1) is 11.8 Å². The number of carbonyl (C=O) groups is 1. The zero-order valence-corrected chi connectivity index (χ0v) is 10.6. The number of aliphatic hydroxyl groups excluding tert-OH is 1.